The Hall–Kier alpha value is -7.26. The molecule has 0 radical (unpaired) electrons. The SMILES string of the molecule is CCCOc1cc(C#Cc2ccc(C(=O)OCC)cc2C#Cc2cccnc2)c(OCCC)cc1C#Cc1ccc(C(=O)OCC)cc1C#Cc1cccnc1. The zero-order chi connectivity index (χ0) is 39.5. The summed E-state index contributed by atoms with van der Waals surface area (Å²) in [6.07, 6.45) is 8.25. The van der Waals surface area contributed by atoms with Crippen molar-refractivity contribution >= 4 is 11.9 Å². The molecule has 0 N–H and O–H groups in total. The maximum absolute atomic E-state index is 12.6. The third-order valence-corrected chi connectivity index (χ3v) is 7.74. The van der Waals surface area contributed by atoms with Crippen LogP contribution in [0.1, 0.15) is 106 Å². The van der Waals surface area contributed by atoms with Gasteiger partial charge in [0, 0.05) is 70.3 Å². The van der Waals surface area contributed by atoms with Gasteiger partial charge in [0.1, 0.15) is 11.5 Å². The second kappa shape index (κ2) is 20.8. The van der Waals surface area contributed by atoms with Crippen LogP contribution in [0.25, 0.3) is 0 Å². The lowest BCUT2D eigenvalue weighted by Crippen LogP contribution is -2.05. The average Bonchev–Trinajstić information content (AvgIpc) is 3.23. The number of pyridine rings is 2. The van der Waals surface area contributed by atoms with E-state index in [1.54, 1.807) is 75.0 Å². The first kappa shape index (κ1) is 39.9. The predicted molar refractivity (Wildman–Crippen MR) is 215 cm³/mol. The molecular formula is C48H40N2O6. The molecule has 3 aromatic carbocycles. The predicted octanol–water partition coefficient (Wildman–Crippen LogP) is 8.01. The Balaban J connectivity index is 1.60. The summed E-state index contributed by atoms with van der Waals surface area (Å²) in [6.45, 7) is 8.99. The van der Waals surface area contributed by atoms with E-state index in [1.807, 2.05) is 50.2 Å². The summed E-state index contributed by atoms with van der Waals surface area (Å²) >= 11 is 0. The largest absolute Gasteiger partial charge is 0.492 e. The summed E-state index contributed by atoms with van der Waals surface area (Å²) in [7, 11) is 0. The van der Waals surface area contributed by atoms with Gasteiger partial charge >= 0.3 is 11.9 Å². The summed E-state index contributed by atoms with van der Waals surface area (Å²) in [6, 6.07) is 21.2. The van der Waals surface area contributed by atoms with Crippen LogP contribution in [0.3, 0.4) is 0 Å². The first-order valence-electron chi connectivity index (χ1n) is 18.4. The monoisotopic (exact) mass is 740 g/mol. The van der Waals surface area contributed by atoms with Crippen molar-refractivity contribution in [3.05, 3.63) is 153 Å². The van der Waals surface area contributed by atoms with Crippen LogP contribution in [0, 0.1) is 47.4 Å². The highest BCUT2D eigenvalue weighted by Crippen LogP contribution is 2.29. The van der Waals surface area contributed by atoms with Crippen molar-refractivity contribution < 1.29 is 28.5 Å². The Morgan fingerprint density at radius 3 is 1.29 bits per heavy atom. The zero-order valence-corrected chi connectivity index (χ0v) is 31.8. The number of carbonyl (C=O) groups excluding carboxylic acids is 2. The van der Waals surface area contributed by atoms with Crippen LogP contribution in [-0.2, 0) is 9.47 Å². The number of esters is 2. The van der Waals surface area contributed by atoms with Gasteiger partial charge in [-0.25, -0.2) is 9.59 Å². The number of nitrogens with zero attached hydrogens (tertiary/aromatic N) is 2. The van der Waals surface area contributed by atoms with Gasteiger partial charge in [-0.3, -0.25) is 9.97 Å². The van der Waals surface area contributed by atoms with Crippen LogP contribution in [0.4, 0.5) is 0 Å². The summed E-state index contributed by atoms with van der Waals surface area (Å²) < 4.78 is 22.9. The van der Waals surface area contributed by atoms with Gasteiger partial charge in [-0.1, -0.05) is 61.2 Å². The molecule has 278 valence electrons. The number of aromatic nitrogens is 2. The molecule has 0 saturated carbocycles. The fourth-order valence-corrected chi connectivity index (χ4v) is 5.04. The third kappa shape index (κ3) is 11.4. The second-order valence-corrected chi connectivity index (χ2v) is 12.0. The van der Waals surface area contributed by atoms with Crippen molar-refractivity contribution in [3.8, 4) is 58.9 Å². The highest BCUT2D eigenvalue weighted by atomic mass is 16.5. The second-order valence-electron chi connectivity index (χ2n) is 12.0. The molecular weight excluding hydrogens is 701 g/mol. The molecule has 0 aliphatic carbocycles. The minimum atomic E-state index is -0.441. The molecule has 0 amide bonds. The lowest BCUT2D eigenvalue weighted by atomic mass is 10.0. The average molecular weight is 741 g/mol. The molecule has 0 unspecified atom stereocenters. The van der Waals surface area contributed by atoms with Gasteiger partial charge in [0.05, 0.1) is 48.7 Å². The Kier molecular flexibility index (Phi) is 14.9. The van der Waals surface area contributed by atoms with Gasteiger partial charge in [-0.2, -0.15) is 0 Å². The van der Waals surface area contributed by atoms with E-state index in [2.05, 4.69) is 57.3 Å². The van der Waals surface area contributed by atoms with E-state index >= 15 is 0 Å². The molecule has 0 spiro atoms. The Bertz CT molecular complexity index is 2260. The van der Waals surface area contributed by atoms with Gasteiger partial charge in [-0.15, -0.1) is 0 Å². The summed E-state index contributed by atoms with van der Waals surface area (Å²) in [5, 5.41) is 0. The molecule has 0 aliphatic rings. The zero-order valence-electron chi connectivity index (χ0n) is 31.8. The Morgan fingerprint density at radius 1 is 0.500 bits per heavy atom. The molecule has 2 aromatic heterocycles. The molecule has 8 nitrogen and oxygen atoms in total. The van der Waals surface area contributed by atoms with Crippen LogP contribution in [-0.4, -0.2) is 48.3 Å². The summed E-state index contributed by atoms with van der Waals surface area (Å²) in [5.41, 5.74) is 5.73. The molecule has 0 aliphatic heterocycles. The highest BCUT2D eigenvalue weighted by Gasteiger charge is 2.13. The van der Waals surface area contributed by atoms with Gasteiger partial charge in [0.2, 0.25) is 0 Å². The molecule has 0 fully saturated rings. The van der Waals surface area contributed by atoms with Crippen LogP contribution in [0.5, 0.6) is 11.5 Å². The van der Waals surface area contributed by atoms with Crippen molar-refractivity contribution in [2.75, 3.05) is 26.4 Å². The van der Waals surface area contributed by atoms with E-state index in [1.165, 1.54) is 0 Å². The van der Waals surface area contributed by atoms with E-state index in [0.29, 0.717) is 69.2 Å². The van der Waals surface area contributed by atoms with Crippen molar-refractivity contribution in [1.82, 2.24) is 9.97 Å². The van der Waals surface area contributed by atoms with Gasteiger partial charge < -0.3 is 18.9 Å². The lowest BCUT2D eigenvalue weighted by Gasteiger charge is -2.13. The number of hydrogen-bond acceptors (Lipinski definition) is 8. The Labute approximate surface area is 328 Å². The van der Waals surface area contributed by atoms with E-state index in [-0.39, 0.29) is 13.2 Å². The Morgan fingerprint density at radius 2 is 0.911 bits per heavy atom. The fraction of sp³-hybridized carbons (Fsp3) is 0.208. The quantitative estimate of drug-likeness (QED) is 0.105. The third-order valence-electron chi connectivity index (χ3n) is 7.74. The molecule has 0 atom stereocenters. The van der Waals surface area contributed by atoms with E-state index in [0.717, 1.165) is 24.0 Å². The number of carbonyl (C=O) groups is 2. The molecule has 5 aromatic rings. The van der Waals surface area contributed by atoms with Crippen molar-refractivity contribution in [2.45, 2.75) is 40.5 Å². The molecule has 0 saturated heterocycles. The van der Waals surface area contributed by atoms with Gasteiger partial charge in [-0.05, 0) is 87.4 Å². The number of ether oxygens (including phenoxy) is 4. The van der Waals surface area contributed by atoms with Gasteiger partial charge in [0.15, 0.2) is 0 Å². The first-order valence-corrected chi connectivity index (χ1v) is 18.4. The summed E-state index contributed by atoms with van der Waals surface area (Å²) in [4.78, 5) is 33.5. The molecule has 5 rings (SSSR count). The van der Waals surface area contributed by atoms with E-state index in [9.17, 15) is 9.59 Å². The fourth-order valence-electron chi connectivity index (χ4n) is 5.04. The van der Waals surface area contributed by atoms with Crippen molar-refractivity contribution in [3.63, 3.8) is 0 Å². The first-order chi connectivity index (χ1) is 27.4. The van der Waals surface area contributed by atoms with Crippen molar-refractivity contribution in [1.29, 1.82) is 0 Å². The van der Waals surface area contributed by atoms with Crippen LogP contribution < -0.4 is 9.47 Å². The lowest BCUT2D eigenvalue weighted by molar-refractivity contribution is 0.0516. The number of rotatable bonds is 10. The minimum Gasteiger partial charge on any atom is -0.492 e. The smallest absolute Gasteiger partial charge is 0.338 e. The molecule has 8 heteroatoms. The van der Waals surface area contributed by atoms with Crippen LogP contribution in [0.15, 0.2) is 97.6 Å². The molecule has 56 heavy (non-hydrogen) atoms. The highest BCUT2D eigenvalue weighted by molar-refractivity contribution is 5.91. The standard InChI is InChI=1S/C48H40N2O6/c1-5-27-55-45-31-42(22-18-38-20-24-44(48(52)54-8-4)30-40(38)16-14-36-12-10-26-50-34-36)46(56-28-6-2)32-41(45)21-17-37-19-23-43(47(51)53-7-3)29-39(37)15-13-35-11-9-25-49-33-35/h9-12,19-20,23-26,29-34H,5-8,27-28H2,1-4H3. The van der Waals surface area contributed by atoms with E-state index in [4.69, 9.17) is 18.9 Å². The normalized spacial score (nSPS) is 9.79. The summed E-state index contributed by atoms with van der Waals surface area (Å²) in [5.74, 6) is 25.8. The number of hydrogen-bond donors (Lipinski definition) is 0. The maximum atomic E-state index is 12.6. The topological polar surface area (TPSA) is 96.8 Å². The van der Waals surface area contributed by atoms with E-state index < -0.39 is 11.9 Å². The molecule has 2 heterocycles. The van der Waals surface area contributed by atoms with Gasteiger partial charge in [0.25, 0.3) is 0 Å². The van der Waals surface area contributed by atoms with Crippen molar-refractivity contribution in [2.24, 2.45) is 0 Å². The van der Waals surface area contributed by atoms with Crippen LogP contribution in [0.2, 0.25) is 0 Å². The minimum absolute atomic E-state index is 0.254. The number of benzene rings is 3. The maximum Gasteiger partial charge on any atom is 0.338 e. The molecule has 0 bridgehead atoms. The van der Waals surface area contributed by atoms with Crippen LogP contribution >= 0.6 is 0 Å².